The maximum Gasteiger partial charge on any atom is 0.228 e. The molecule has 4 nitrogen and oxygen atoms in total. The standard InChI is InChI=1S/C11H21N3O/c1-13-4-3-9(7-13)8-14(2)11(15)10-5-12-6-10/h9-10,12H,3-8H2,1-2H3. The molecule has 0 aromatic heterocycles. The second-order valence-electron chi connectivity index (χ2n) is 4.99. The lowest BCUT2D eigenvalue weighted by atomic mass is 10.0. The topological polar surface area (TPSA) is 35.6 Å². The van der Waals surface area contributed by atoms with Crippen LogP contribution in [-0.4, -0.2) is 62.5 Å². The molecule has 15 heavy (non-hydrogen) atoms. The normalized spacial score (nSPS) is 27.7. The lowest BCUT2D eigenvalue weighted by Gasteiger charge is -2.31. The molecule has 86 valence electrons. The van der Waals surface area contributed by atoms with Crippen LogP contribution in [0.5, 0.6) is 0 Å². The van der Waals surface area contributed by atoms with E-state index >= 15 is 0 Å². The van der Waals surface area contributed by atoms with Gasteiger partial charge in [0.15, 0.2) is 0 Å². The van der Waals surface area contributed by atoms with Crippen LogP contribution in [0.25, 0.3) is 0 Å². The van der Waals surface area contributed by atoms with Crippen molar-refractivity contribution in [3.8, 4) is 0 Å². The van der Waals surface area contributed by atoms with Crippen LogP contribution in [0.2, 0.25) is 0 Å². The van der Waals surface area contributed by atoms with Crippen molar-refractivity contribution in [2.24, 2.45) is 11.8 Å². The zero-order chi connectivity index (χ0) is 10.8. The Morgan fingerprint density at radius 1 is 1.53 bits per heavy atom. The van der Waals surface area contributed by atoms with E-state index in [1.807, 2.05) is 11.9 Å². The quantitative estimate of drug-likeness (QED) is 0.691. The Morgan fingerprint density at radius 2 is 2.27 bits per heavy atom. The van der Waals surface area contributed by atoms with Crippen LogP contribution in [0.3, 0.4) is 0 Å². The molecule has 4 heteroatoms. The Kier molecular flexibility index (Phi) is 3.26. The maximum atomic E-state index is 11.9. The molecule has 0 aromatic rings. The first-order valence-corrected chi connectivity index (χ1v) is 5.81. The number of rotatable bonds is 3. The highest BCUT2D eigenvalue weighted by molar-refractivity contribution is 5.79. The summed E-state index contributed by atoms with van der Waals surface area (Å²) < 4.78 is 0. The van der Waals surface area contributed by atoms with Crippen molar-refractivity contribution >= 4 is 5.91 Å². The summed E-state index contributed by atoms with van der Waals surface area (Å²) >= 11 is 0. The van der Waals surface area contributed by atoms with Crippen LogP contribution >= 0.6 is 0 Å². The molecule has 0 spiro atoms. The monoisotopic (exact) mass is 211 g/mol. The number of hydrogen-bond donors (Lipinski definition) is 1. The molecule has 2 aliphatic heterocycles. The van der Waals surface area contributed by atoms with Crippen molar-refractivity contribution in [2.45, 2.75) is 6.42 Å². The summed E-state index contributed by atoms with van der Waals surface area (Å²) in [6.07, 6.45) is 1.23. The van der Waals surface area contributed by atoms with Gasteiger partial charge in [-0.3, -0.25) is 4.79 Å². The second-order valence-corrected chi connectivity index (χ2v) is 4.99. The van der Waals surface area contributed by atoms with Gasteiger partial charge in [0.1, 0.15) is 0 Å². The summed E-state index contributed by atoms with van der Waals surface area (Å²) in [6.45, 7) is 4.99. The van der Waals surface area contributed by atoms with Crippen molar-refractivity contribution in [2.75, 3.05) is 46.8 Å². The van der Waals surface area contributed by atoms with Crippen LogP contribution in [0.4, 0.5) is 0 Å². The van der Waals surface area contributed by atoms with Crippen LogP contribution in [0.1, 0.15) is 6.42 Å². The van der Waals surface area contributed by atoms with E-state index < -0.39 is 0 Å². The van der Waals surface area contributed by atoms with E-state index in [9.17, 15) is 4.79 Å². The van der Waals surface area contributed by atoms with Crippen molar-refractivity contribution in [1.82, 2.24) is 15.1 Å². The highest BCUT2D eigenvalue weighted by Crippen LogP contribution is 2.16. The number of likely N-dealkylation sites (tertiary alicyclic amines) is 1. The molecule has 1 amide bonds. The predicted octanol–water partition coefficient (Wildman–Crippen LogP) is -0.384. The number of nitrogens with one attached hydrogen (secondary N) is 1. The highest BCUT2D eigenvalue weighted by Gasteiger charge is 2.29. The molecule has 2 rings (SSSR count). The summed E-state index contributed by atoms with van der Waals surface area (Å²) in [5.74, 6) is 1.24. The number of hydrogen-bond acceptors (Lipinski definition) is 3. The Bertz CT molecular complexity index is 240. The van der Waals surface area contributed by atoms with E-state index in [2.05, 4.69) is 17.3 Å². The fourth-order valence-corrected chi connectivity index (χ4v) is 2.43. The second kappa shape index (κ2) is 4.49. The Labute approximate surface area is 91.6 Å². The van der Waals surface area contributed by atoms with Gasteiger partial charge in [0.05, 0.1) is 5.92 Å². The van der Waals surface area contributed by atoms with Gasteiger partial charge < -0.3 is 15.1 Å². The molecular formula is C11H21N3O. The minimum Gasteiger partial charge on any atom is -0.345 e. The molecule has 0 aliphatic carbocycles. The van der Waals surface area contributed by atoms with Gasteiger partial charge in [-0.15, -0.1) is 0 Å². The van der Waals surface area contributed by atoms with E-state index in [0.717, 1.165) is 26.2 Å². The number of nitrogens with zero attached hydrogens (tertiary/aromatic N) is 2. The third-order valence-corrected chi connectivity index (χ3v) is 3.53. The van der Waals surface area contributed by atoms with Crippen LogP contribution < -0.4 is 5.32 Å². The first-order chi connectivity index (χ1) is 7.16. The Hall–Kier alpha value is -0.610. The third-order valence-electron chi connectivity index (χ3n) is 3.53. The fraction of sp³-hybridized carbons (Fsp3) is 0.909. The molecular weight excluding hydrogens is 190 g/mol. The Balaban J connectivity index is 1.75. The summed E-state index contributed by atoms with van der Waals surface area (Å²) in [6, 6.07) is 0. The van der Waals surface area contributed by atoms with E-state index in [1.165, 1.54) is 13.0 Å². The molecule has 1 unspecified atom stereocenters. The van der Waals surface area contributed by atoms with E-state index in [1.54, 1.807) is 0 Å². The SMILES string of the molecule is CN1CCC(CN(C)C(=O)C2CNC2)C1. The first-order valence-electron chi connectivity index (χ1n) is 5.81. The van der Waals surface area contributed by atoms with Crippen molar-refractivity contribution in [3.05, 3.63) is 0 Å². The van der Waals surface area contributed by atoms with Gasteiger partial charge in [0.2, 0.25) is 5.91 Å². The maximum absolute atomic E-state index is 11.9. The van der Waals surface area contributed by atoms with Crippen LogP contribution in [-0.2, 0) is 4.79 Å². The van der Waals surface area contributed by atoms with Gasteiger partial charge in [0.25, 0.3) is 0 Å². The van der Waals surface area contributed by atoms with E-state index in [4.69, 9.17) is 0 Å². The summed E-state index contributed by atoms with van der Waals surface area (Å²) in [4.78, 5) is 16.1. The molecule has 2 saturated heterocycles. The average molecular weight is 211 g/mol. The lowest BCUT2D eigenvalue weighted by Crippen LogP contribution is -2.51. The van der Waals surface area contributed by atoms with Crippen molar-refractivity contribution in [1.29, 1.82) is 0 Å². The summed E-state index contributed by atoms with van der Waals surface area (Å²) in [5.41, 5.74) is 0. The summed E-state index contributed by atoms with van der Waals surface area (Å²) in [5, 5.41) is 3.14. The molecule has 0 saturated carbocycles. The average Bonchev–Trinajstić information content (AvgIpc) is 2.48. The van der Waals surface area contributed by atoms with Gasteiger partial charge in [0, 0.05) is 33.2 Å². The minimum atomic E-state index is 0.245. The third kappa shape index (κ3) is 2.49. The number of carbonyl (C=O) groups excluding carboxylic acids is 1. The fourth-order valence-electron chi connectivity index (χ4n) is 2.43. The minimum absolute atomic E-state index is 0.245. The largest absolute Gasteiger partial charge is 0.345 e. The number of amides is 1. The number of carbonyl (C=O) groups is 1. The molecule has 0 radical (unpaired) electrons. The molecule has 1 atom stereocenters. The van der Waals surface area contributed by atoms with Crippen molar-refractivity contribution < 1.29 is 4.79 Å². The van der Waals surface area contributed by atoms with Gasteiger partial charge >= 0.3 is 0 Å². The lowest BCUT2D eigenvalue weighted by molar-refractivity contribution is -0.136. The molecule has 2 heterocycles. The van der Waals surface area contributed by atoms with Crippen LogP contribution in [0, 0.1) is 11.8 Å². The highest BCUT2D eigenvalue weighted by atomic mass is 16.2. The zero-order valence-corrected chi connectivity index (χ0v) is 9.70. The summed E-state index contributed by atoms with van der Waals surface area (Å²) in [7, 11) is 4.09. The molecule has 2 aliphatic rings. The smallest absolute Gasteiger partial charge is 0.228 e. The first kappa shape index (κ1) is 10.9. The van der Waals surface area contributed by atoms with E-state index in [-0.39, 0.29) is 5.92 Å². The molecule has 0 aromatic carbocycles. The van der Waals surface area contributed by atoms with Crippen molar-refractivity contribution in [3.63, 3.8) is 0 Å². The Morgan fingerprint density at radius 3 is 2.73 bits per heavy atom. The van der Waals surface area contributed by atoms with Gasteiger partial charge in [-0.1, -0.05) is 0 Å². The molecule has 0 bridgehead atoms. The van der Waals surface area contributed by atoms with E-state index in [0.29, 0.717) is 11.8 Å². The molecule has 1 N–H and O–H groups in total. The van der Waals surface area contributed by atoms with Gasteiger partial charge in [-0.25, -0.2) is 0 Å². The zero-order valence-electron chi connectivity index (χ0n) is 9.70. The van der Waals surface area contributed by atoms with Crippen LogP contribution in [0.15, 0.2) is 0 Å². The van der Waals surface area contributed by atoms with Gasteiger partial charge in [-0.2, -0.15) is 0 Å². The van der Waals surface area contributed by atoms with Gasteiger partial charge in [-0.05, 0) is 25.9 Å². The molecule has 2 fully saturated rings. The predicted molar refractivity (Wildman–Crippen MR) is 59.6 cm³/mol.